The first-order chi connectivity index (χ1) is 20.3. The molecular weight excluding hydrogens is 582 g/mol. The zero-order valence-electron chi connectivity index (χ0n) is 23.7. The van der Waals surface area contributed by atoms with Gasteiger partial charge in [-0.05, 0) is 37.3 Å². The molecular formula is C30H32F6N2O5. The van der Waals surface area contributed by atoms with Crippen molar-refractivity contribution in [1.29, 1.82) is 0 Å². The van der Waals surface area contributed by atoms with Gasteiger partial charge in [-0.1, -0.05) is 57.0 Å². The van der Waals surface area contributed by atoms with E-state index in [9.17, 15) is 35.9 Å². The molecule has 0 spiro atoms. The molecule has 1 aromatic heterocycles. The number of benzene rings is 2. The smallest absolute Gasteiger partial charge is 0.441 e. The van der Waals surface area contributed by atoms with Crippen LogP contribution in [0.5, 0.6) is 5.75 Å². The van der Waals surface area contributed by atoms with E-state index in [0.717, 1.165) is 4.90 Å². The van der Waals surface area contributed by atoms with Crippen LogP contribution in [-0.4, -0.2) is 37.0 Å². The van der Waals surface area contributed by atoms with Gasteiger partial charge in [0.15, 0.2) is 0 Å². The Labute approximate surface area is 243 Å². The summed E-state index contributed by atoms with van der Waals surface area (Å²) in [5, 5.41) is 1.77. The Bertz CT molecular complexity index is 1490. The largest absolute Gasteiger partial charge is 0.493 e. The number of rotatable bonds is 11. The number of hydrogen-bond donors (Lipinski definition) is 1. The lowest BCUT2D eigenvalue weighted by atomic mass is 9.96. The van der Waals surface area contributed by atoms with E-state index in [-0.39, 0.29) is 29.7 Å². The fourth-order valence-corrected chi connectivity index (χ4v) is 5.14. The van der Waals surface area contributed by atoms with Crippen LogP contribution in [0.25, 0.3) is 11.0 Å². The van der Waals surface area contributed by atoms with Crippen LogP contribution in [0.15, 0.2) is 51.7 Å². The average Bonchev–Trinajstić information content (AvgIpc) is 2.94. The second-order valence-corrected chi connectivity index (χ2v) is 10.3. The van der Waals surface area contributed by atoms with Gasteiger partial charge < -0.3 is 18.8 Å². The molecule has 4 rings (SSSR count). The lowest BCUT2D eigenvalue weighted by Crippen LogP contribution is -2.65. The van der Waals surface area contributed by atoms with E-state index in [4.69, 9.17) is 13.9 Å². The van der Waals surface area contributed by atoms with Crippen LogP contribution in [0.2, 0.25) is 0 Å². The summed E-state index contributed by atoms with van der Waals surface area (Å²) in [6.07, 6.45) is -7.05. The van der Waals surface area contributed by atoms with Gasteiger partial charge in [-0.25, -0.2) is 9.59 Å². The molecule has 0 bridgehead atoms. The fourth-order valence-electron chi connectivity index (χ4n) is 5.14. The maximum absolute atomic E-state index is 14.0. The summed E-state index contributed by atoms with van der Waals surface area (Å²) in [6, 6.07) is 7.71. The Morgan fingerprint density at radius 2 is 1.67 bits per heavy atom. The quantitative estimate of drug-likeness (QED) is 0.139. The third-order valence-corrected chi connectivity index (χ3v) is 7.14. The third-order valence-electron chi connectivity index (χ3n) is 7.14. The number of ether oxygens (including phenoxy) is 2. The Kier molecular flexibility index (Phi) is 9.63. The molecule has 1 aliphatic rings. The molecule has 2 heterocycles. The number of carbonyl (C=O) groups excluding carboxylic acids is 1. The summed E-state index contributed by atoms with van der Waals surface area (Å²) in [7, 11) is 0. The van der Waals surface area contributed by atoms with Gasteiger partial charge in [0.1, 0.15) is 18.1 Å². The molecule has 3 aromatic rings. The standard InChI is InChI=1S/C30H32F6N2O5/c1-3-10-19-16-22-23(29(31,32)33)17-24(39)43-26(22)21(11-4-2)25(19)41-15-9-8-14-38-18-42-28(30(34,35)36,37-27(38)40)20-12-6-5-7-13-20/h5-7,12-13,16-17H,3-4,8-11,14-15,18H2,1-2H3,(H,37,40). The second kappa shape index (κ2) is 12.9. The Morgan fingerprint density at radius 3 is 2.28 bits per heavy atom. The molecule has 1 aliphatic heterocycles. The van der Waals surface area contributed by atoms with Crippen molar-refractivity contribution in [3.05, 3.63) is 75.1 Å². The first kappa shape index (κ1) is 32.2. The molecule has 43 heavy (non-hydrogen) atoms. The lowest BCUT2D eigenvalue weighted by Gasteiger charge is -2.43. The molecule has 1 fully saturated rings. The Hall–Kier alpha value is -3.74. The molecule has 0 radical (unpaired) electrons. The highest BCUT2D eigenvalue weighted by Gasteiger charge is 2.61. The van der Waals surface area contributed by atoms with E-state index in [1.54, 1.807) is 6.07 Å². The third kappa shape index (κ3) is 6.76. The minimum atomic E-state index is -4.91. The number of fused-ring (bicyclic) bond motifs is 1. The molecule has 13 heteroatoms. The van der Waals surface area contributed by atoms with Gasteiger partial charge in [-0.15, -0.1) is 0 Å². The highest BCUT2D eigenvalue weighted by Crippen LogP contribution is 2.42. The second-order valence-electron chi connectivity index (χ2n) is 10.3. The van der Waals surface area contributed by atoms with Crippen molar-refractivity contribution in [3.63, 3.8) is 0 Å². The Morgan fingerprint density at radius 1 is 0.977 bits per heavy atom. The van der Waals surface area contributed by atoms with Crippen LogP contribution in [0.3, 0.4) is 0 Å². The molecule has 0 saturated carbocycles. The van der Waals surface area contributed by atoms with E-state index in [0.29, 0.717) is 61.5 Å². The summed E-state index contributed by atoms with van der Waals surface area (Å²) in [5.74, 6) is 0.357. The molecule has 2 amide bonds. The molecule has 2 aromatic carbocycles. The Balaban J connectivity index is 1.47. The number of unbranched alkanes of at least 4 members (excludes halogenated alkanes) is 1. The predicted molar refractivity (Wildman–Crippen MR) is 146 cm³/mol. The number of carbonyl (C=O) groups is 1. The van der Waals surface area contributed by atoms with Crippen molar-refractivity contribution in [2.75, 3.05) is 19.9 Å². The summed E-state index contributed by atoms with van der Waals surface area (Å²) in [5.41, 5.74) is -4.63. The minimum absolute atomic E-state index is 0.0725. The fraction of sp³-hybridized carbons (Fsp3) is 0.467. The SMILES string of the molecule is CCCc1cc2c(C(F)(F)F)cc(=O)oc2c(CCC)c1OCCCCN1COC(c2ccccc2)(C(F)(F)F)NC1=O. The molecule has 7 nitrogen and oxygen atoms in total. The lowest BCUT2D eigenvalue weighted by molar-refractivity contribution is -0.310. The summed E-state index contributed by atoms with van der Waals surface area (Å²) in [4.78, 5) is 25.9. The number of aryl methyl sites for hydroxylation is 2. The van der Waals surface area contributed by atoms with E-state index in [2.05, 4.69) is 0 Å². The molecule has 1 atom stereocenters. The summed E-state index contributed by atoms with van der Waals surface area (Å²) >= 11 is 0. The average molecular weight is 615 g/mol. The van der Waals surface area contributed by atoms with E-state index in [1.165, 1.54) is 30.3 Å². The molecule has 0 aliphatic carbocycles. The number of amides is 2. The number of nitrogens with one attached hydrogen (secondary N) is 1. The van der Waals surface area contributed by atoms with Crippen LogP contribution >= 0.6 is 0 Å². The number of urea groups is 1. The van der Waals surface area contributed by atoms with Gasteiger partial charge in [0, 0.05) is 29.1 Å². The maximum atomic E-state index is 14.0. The van der Waals surface area contributed by atoms with Crippen LogP contribution < -0.4 is 15.7 Å². The van der Waals surface area contributed by atoms with Crippen LogP contribution in [0.1, 0.15) is 61.8 Å². The van der Waals surface area contributed by atoms with Gasteiger partial charge in [-0.3, -0.25) is 5.32 Å². The highest BCUT2D eigenvalue weighted by atomic mass is 19.4. The first-order valence-electron chi connectivity index (χ1n) is 14.0. The van der Waals surface area contributed by atoms with Crippen LogP contribution in [0, 0.1) is 0 Å². The van der Waals surface area contributed by atoms with Gasteiger partial charge in [0.2, 0.25) is 0 Å². The zero-order chi connectivity index (χ0) is 31.4. The van der Waals surface area contributed by atoms with Gasteiger partial charge >= 0.3 is 24.0 Å². The first-order valence-corrected chi connectivity index (χ1v) is 14.0. The maximum Gasteiger partial charge on any atom is 0.441 e. The van der Waals surface area contributed by atoms with Crippen molar-refractivity contribution in [2.45, 2.75) is 70.4 Å². The van der Waals surface area contributed by atoms with Crippen molar-refractivity contribution in [2.24, 2.45) is 0 Å². The number of alkyl halides is 6. The predicted octanol–water partition coefficient (Wildman–Crippen LogP) is 7.29. The van der Waals surface area contributed by atoms with Crippen molar-refractivity contribution >= 4 is 17.0 Å². The molecule has 1 saturated heterocycles. The van der Waals surface area contributed by atoms with Crippen LogP contribution in [-0.2, 0) is 29.5 Å². The molecule has 1 unspecified atom stereocenters. The number of nitrogens with zero attached hydrogens (tertiary/aromatic N) is 1. The van der Waals surface area contributed by atoms with Gasteiger partial charge in [-0.2, -0.15) is 26.3 Å². The highest BCUT2D eigenvalue weighted by molar-refractivity contribution is 5.87. The van der Waals surface area contributed by atoms with E-state index < -0.39 is 42.0 Å². The monoisotopic (exact) mass is 614 g/mol. The number of halogens is 6. The zero-order valence-corrected chi connectivity index (χ0v) is 23.7. The van der Waals surface area contributed by atoms with Gasteiger partial charge in [0.05, 0.1) is 12.2 Å². The number of hydrogen-bond acceptors (Lipinski definition) is 5. The van der Waals surface area contributed by atoms with Gasteiger partial charge in [0.25, 0.3) is 5.72 Å². The summed E-state index contributed by atoms with van der Waals surface area (Å²) in [6.45, 7) is 3.30. The summed E-state index contributed by atoms with van der Waals surface area (Å²) < 4.78 is 99.9. The minimum Gasteiger partial charge on any atom is -0.493 e. The normalized spacial score (nSPS) is 17.8. The van der Waals surface area contributed by atoms with Crippen LogP contribution in [0.4, 0.5) is 31.1 Å². The van der Waals surface area contributed by atoms with E-state index >= 15 is 0 Å². The van der Waals surface area contributed by atoms with Crippen molar-refractivity contribution < 1.29 is 45.0 Å². The topological polar surface area (TPSA) is 81.0 Å². The molecule has 234 valence electrons. The van der Waals surface area contributed by atoms with Crippen molar-refractivity contribution in [1.82, 2.24) is 10.2 Å². The van der Waals surface area contributed by atoms with E-state index in [1.807, 2.05) is 19.2 Å². The molecule has 1 N–H and O–H groups in total. The van der Waals surface area contributed by atoms with Crippen molar-refractivity contribution in [3.8, 4) is 5.75 Å².